The minimum absolute atomic E-state index is 0.0668. The van der Waals surface area contributed by atoms with Crippen molar-refractivity contribution in [3.63, 3.8) is 0 Å². The Kier molecular flexibility index (Phi) is 13.1. The first-order valence-corrected chi connectivity index (χ1v) is 13.1. The first-order valence-electron chi connectivity index (χ1n) is 13.1. The molecule has 8 atom stereocenters. The van der Waals surface area contributed by atoms with Gasteiger partial charge in [-0.15, -0.1) is 0 Å². The first-order chi connectivity index (χ1) is 17.2. The van der Waals surface area contributed by atoms with Crippen LogP contribution in [0.5, 0.6) is 0 Å². The number of methoxy groups -OCH3 is 3. The van der Waals surface area contributed by atoms with Crippen LogP contribution in [0.4, 0.5) is 0 Å². The zero-order chi connectivity index (χ0) is 26.7. The van der Waals surface area contributed by atoms with Crippen LogP contribution in [-0.4, -0.2) is 68.0 Å². The monoisotopic (exact) mass is 506 g/mol. The summed E-state index contributed by atoms with van der Waals surface area (Å²) in [5.74, 6) is -0.988. The summed E-state index contributed by atoms with van der Waals surface area (Å²) in [5, 5.41) is 22.0. The Balaban J connectivity index is 2.34. The minimum Gasteiger partial charge on any atom is -0.454 e. The van der Waals surface area contributed by atoms with Crippen molar-refractivity contribution in [3.05, 3.63) is 47.5 Å². The molecule has 2 rings (SSSR count). The summed E-state index contributed by atoms with van der Waals surface area (Å²) in [4.78, 5) is 13.0. The Morgan fingerprint density at radius 1 is 0.833 bits per heavy atom. The average molecular weight is 507 g/mol. The largest absolute Gasteiger partial charge is 0.454 e. The smallest absolute Gasteiger partial charge is 0.334 e. The van der Waals surface area contributed by atoms with Gasteiger partial charge in [0.25, 0.3) is 0 Å². The molecule has 1 aromatic rings. The van der Waals surface area contributed by atoms with Crippen LogP contribution in [0.15, 0.2) is 42.0 Å². The molecular weight excluding hydrogens is 460 g/mol. The minimum atomic E-state index is -0.996. The third-order valence-corrected chi connectivity index (χ3v) is 7.56. The van der Waals surface area contributed by atoms with E-state index in [1.54, 1.807) is 34.1 Å². The highest BCUT2D eigenvalue weighted by Crippen LogP contribution is 2.29. The molecule has 7 nitrogen and oxygen atoms in total. The number of ether oxygens (including phenoxy) is 4. The highest BCUT2D eigenvalue weighted by Gasteiger charge is 2.33. The van der Waals surface area contributed by atoms with Crippen LogP contribution >= 0.6 is 0 Å². The fraction of sp³-hybridized carbons (Fsp3) is 0.690. The number of hydrogen-bond donors (Lipinski definition) is 2. The number of benzene rings is 1. The number of esters is 1. The second-order valence-corrected chi connectivity index (χ2v) is 10.1. The molecule has 0 saturated heterocycles. The van der Waals surface area contributed by atoms with Crippen LogP contribution < -0.4 is 0 Å². The highest BCUT2D eigenvalue weighted by atomic mass is 16.5. The highest BCUT2D eigenvalue weighted by molar-refractivity contribution is 5.88. The summed E-state index contributed by atoms with van der Waals surface area (Å²) in [6.45, 7) is 5.44. The van der Waals surface area contributed by atoms with Crippen LogP contribution in [0.2, 0.25) is 0 Å². The number of carbonyl (C=O) groups is 1. The number of aliphatic hydroxyl groups excluding tert-OH is 2. The number of aliphatic hydroxyl groups is 2. The zero-order valence-electron chi connectivity index (χ0n) is 22.8. The van der Waals surface area contributed by atoms with E-state index < -0.39 is 30.2 Å². The Bertz CT molecular complexity index is 796. The maximum atomic E-state index is 13.0. The predicted molar refractivity (Wildman–Crippen MR) is 139 cm³/mol. The van der Waals surface area contributed by atoms with Crippen LogP contribution in [0.3, 0.4) is 0 Å². The van der Waals surface area contributed by atoms with E-state index >= 15 is 0 Å². The van der Waals surface area contributed by atoms with E-state index in [0.717, 1.165) is 37.7 Å². The summed E-state index contributed by atoms with van der Waals surface area (Å²) in [5.41, 5.74) is 1.31. The Labute approximate surface area is 216 Å². The lowest BCUT2D eigenvalue weighted by Gasteiger charge is -2.33. The summed E-state index contributed by atoms with van der Waals surface area (Å²) >= 11 is 0. The standard InChI is InChI=1S/C29H46O7/c1-19-16-17-25(34-5)24(33-4)15-11-10-14-23(22-12-8-7-9-13-22)36-29(32)20(2)18-26(35-6)28(31)21(3)27(19)30/h7-9,12-13,18-19,21,23-28,30-31H,10-11,14-17H2,1-6H3/b20-18+/t19-,21+,23-,24-,25+,26-,27-,28-/m0/s1. The first kappa shape index (κ1) is 30.5. The van der Waals surface area contributed by atoms with Crippen molar-refractivity contribution in [2.75, 3.05) is 21.3 Å². The van der Waals surface area contributed by atoms with E-state index in [9.17, 15) is 15.0 Å². The number of rotatable bonds is 4. The van der Waals surface area contributed by atoms with Gasteiger partial charge in [0, 0.05) is 32.8 Å². The Morgan fingerprint density at radius 2 is 1.44 bits per heavy atom. The molecule has 0 amide bonds. The molecule has 0 aromatic heterocycles. The molecule has 7 heteroatoms. The molecule has 36 heavy (non-hydrogen) atoms. The second kappa shape index (κ2) is 15.5. The molecule has 1 aromatic carbocycles. The van der Waals surface area contributed by atoms with Crippen LogP contribution in [0, 0.1) is 11.8 Å². The molecule has 0 unspecified atom stereocenters. The molecular formula is C29H46O7. The lowest BCUT2D eigenvalue weighted by atomic mass is 9.83. The van der Waals surface area contributed by atoms with Crippen LogP contribution in [0.1, 0.15) is 71.0 Å². The van der Waals surface area contributed by atoms with Gasteiger partial charge in [-0.05, 0) is 56.6 Å². The molecule has 204 valence electrons. The van der Waals surface area contributed by atoms with E-state index in [-0.39, 0.29) is 24.2 Å². The van der Waals surface area contributed by atoms with Gasteiger partial charge in [-0.1, -0.05) is 50.6 Å². The van der Waals surface area contributed by atoms with Crippen molar-refractivity contribution in [2.24, 2.45) is 11.8 Å². The van der Waals surface area contributed by atoms with Crippen molar-refractivity contribution < 1.29 is 34.0 Å². The van der Waals surface area contributed by atoms with Crippen molar-refractivity contribution in [3.8, 4) is 0 Å². The topological polar surface area (TPSA) is 94.5 Å². The van der Waals surface area contributed by atoms with Crippen molar-refractivity contribution >= 4 is 5.97 Å². The number of cyclic esters (lactones) is 1. The molecule has 1 heterocycles. The van der Waals surface area contributed by atoms with Gasteiger partial charge in [-0.2, -0.15) is 0 Å². The Hall–Kier alpha value is -1.77. The average Bonchev–Trinajstić information content (AvgIpc) is 2.90. The quantitative estimate of drug-likeness (QED) is 0.576. The third kappa shape index (κ3) is 8.67. The van der Waals surface area contributed by atoms with E-state index in [0.29, 0.717) is 12.0 Å². The predicted octanol–water partition coefficient (Wildman–Crippen LogP) is 4.61. The van der Waals surface area contributed by atoms with Crippen molar-refractivity contribution in [1.82, 2.24) is 0 Å². The third-order valence-electron chi connectivity index (χ3n) is 7.56. The maximum absolute atomic E-state index is 13.0. The van der Waals surface area contributed by atoms with Gasteiger partial charge >= 0.3 is 5.97 Å². The van der Waals surface area contributed by atoms with E-state index in [2.05, 4.69) is 0 Å². The normalized spacial score (nSPS) is 35.7. The molecule has 1 aliphatic heterocycles. The summed E-state index contributed by atoms with van der Waals surface area (Å²) < 4.78 is 23.0. The summed E-state index contributed by atoms with van der Waals surface area (Å²) in [7, 11) is 4.88. The summed E-state index contributed by atoms with van der Waals surface area (Å²) in [6, 6.07) is 9.74. The van der Waals surface area contributed by atoms with E-state index in [1.807, 2.05) is 37.3 Å². The van der Waals surface area contributed by atoms with Gasteiger partial charge < -0.3 is 29.2 Å². The molecule has 2 N–H and O–H groups in total. The molecule has 0 saturated carbocycles. The Morgan fingerprint density at radius 3 is 2.06 bits per heavy atom. The van der Waals surface area contributed by atoms with Gasteiger partial charge in [-0.3, -0.25) is 0 Å². The molecule has 0 aliphatic carbocycles. The maximum Gasteiger partial charge on any atom is 0.334 e. The fourth-order valence-electron chi connectivity index (χ4n) is 5.01. The van der Waals surface area contributed by atoms with Gasteiger partial charge in [0.05, 0.1) is 24.4 Å². The van der Waals surface area contributed by atoms with Gasteiger partial charge in [-0.25, -0.2) is 4.79 Å². The summed E-state index contributed by atoms with van der Waals surface area (Å²) in [6.07, 6.45) is 3.29. The van der Waals surface area contributed by atoms with E-state index in [1.165, 1.54) is 7.11 Å². The fourth-order valence-corrected chi connectivity index (χ4v) is 5.01. The SMILES string of the molecule is CO[C@H]1/C=C(\C)C(=O)O[C@H](c2ccccc2)CCCC[C@H](OC)[C@H](OC)CC[C@H](C)[C@H](O)[C@@H](C)[C@@H]1O. The molecule has 1 aliphatic rings. The molecule has 0 spiro atoms. The van der Waals surface area contributed by atoms with E-state index in [4.69, 9.17) is 18.9 Å². The second-order valence-electron chi connectivity index (χ2n) is 10.1. The number of carbonyl (C=O) groups excluding carboxylic acids is 1. The van der Waals surface area contributed by atoms with Gasteiger partial charge in [0.15, 0.2) is 0 Å². The molecule has 0 bridgehead atoms. The van der Waals surface area contributed by atoms with Crippen LogP contribution in [0.25, 0.3) is 0 Å². The lowest BCUT2D eigenvalue weighted by molar-refractivity contribution is -0.145. The number of hydrogen-bond acceptors (Lipinski definition) is 7. The van der Waals surface area contributed by atoms with Gasteiger partial charge in [0.1, 0.15) is 12.2 Å². The van der Waals surface area contributed by atoms with Crippen molar-refractivity contribution in [2.45, 2.75) is 95.9 Å². The molecule has 0 fully saturated rings. The van der Waals surface area contributed by atoms with Crippen molar-refractivity contribution in [1.29, 1.82) is 0 Å². The lowest BCUT2D eigenvalue weighted by Crippen LogP contribution is -2.41. The van der Waals surface area contributed by atoms with Gasteiger partial charge in [0.2, 0.25) is 0 Å². The molecule has 0 radical (unpaired) electrons. The zero-order valence-corrected chi connectivity index (χ0v) is 22.8. The van der Waals surface area contributed by atoms with Crippen LogP contribution in [-0.2, 0) is 23.7 Å².